The first-order valence-electron chi connectivity index (χ1n) is 20.8. The number of ether oxygens (including phenoxy) is 2. The van der Waals surface area contributed by atoms with Gasteiger partial charge in [-0.2, -0.15) is 8.61 Å². The summed E-state index contributed by atoms with van der Waals surface area (Å²) >= 11 is 0. The first-order valence-corrected chi connectivity index (χ1v) is 23.7. The number of aromatic nitrogens is 2. The summed E-state index contributed by atoms with van der Waals surface area (Å²) in [5.41, 5.74) is 2.42. The Labute approximate surface area is 371 Å². The Morgan fingerprint density at radius 3 is 1.30 bits per heavy atom. The maximum atomic E-state index is 13.8. The molecule has 4 bridgehead atoms. The number of aliphatic hydroxyl groups is 2. The van der Waals surface area contributed by atoms with Gasteiger partial charge in [0, 0.05) is 72.7 Å². The molecule has 0 saturated carbocycles. The SMILES string of the molecule is C/C=C/c1ccc2n(c1=O)C[C@@H]1[C@@H](CO)[C@H](C(=O)OC)[C@H]2N1S(=O)(=O)c1ccccc1C.C/C=C\c1ccc2n(c1=O)C[C@@H]1[C@@H](CO)[C@H](C(=O)OC)[C@H]2N1S(=O)(=O)c1ccccc1C. The Kier molecular flexibility index (Phi) is 13.2. The van der Waals surface area contributed by atoms with Gasteiger partial charge in [0.05, 0.1) is 47.9 Å². The third-order valence-electron chi connectivity index (χ3n) is 13.0. The number of hydrogen-bond acceptors (Lipinski definition) is 12. The average molecular weight is 917 g/mol. The molecule has 0 aliphatic carbocycles. The second-order valence-electron chi connectivity index (χ2n) is 16.3. The first-order chi connectivity index (χ1) is 30.5. The smallest absolute Gasteiger partial charge is 0.311 e. The molecule has 0 spiro atoms. The Bertz CT molecular complexity index is 2690. The van der Waals surface area contributed by atoms with Gasteiger partial charge in [0.25, 0.3) is 11.1 Å². The van der Waals surface area contributed by atoms with Crippen LogP contribution in [0.3, 0.4) is 0 Å². The number of nitrogens with zero attached hydrogens (tertiary/aromatic N) is 4. The van der Waals surface area contributed by atoms with Gasteiger partial charge in [-0.25, -0.2) is 16.8 Å². The van der Waals surface area contributed by atoms with E-state index in [1.807, 2.05) is 0 Å². The van der Waals surface area contributed by atoms with Crippen LogP contribution in [0.15, 0.2) is 104 Å². The minimum Gasteiger partial charge on any atom is -0.469 e. The Balaban J connectivity index is 0.000000191. The number of rotatable bonds is 10. The normalized spacial score (nSPS) is 25.1. The van der Waals surface area contributed by atoms with Crippen LogP contribution in [-0.4, -0.2) is 96.2 Å². The van der Waals surface area contributed by atoms with Crippen LogP contribution in [0.5, 0.6) is 0 Å². The van der Waals surface area contributed by atoms with E-state index in [4.69, 9.17) is 9.47 Å². The molecule has 4 aliphatic rings. The molecule has 2 saturated heterocycles. The number of aliphatic hydroxyl groups excluding tert-OH is 2. The standard InChI is InChI=1S/2C23H26N2O6S/c2*1-4-7-15-10-11-17-21-20(23(28)31-3)16(13-26)18(12-24(17)22(15)27)25(21)32(29,30)19-9-6-5-8-14(19)2/h2*4-11,16,18,20-21,26H,12-13H2,1-3H3/b7-4+;7-4-/t2*16-,18-,20+,21+/m11/s1. The fourth-order valence-corrected chi connectivity index (χ4v) is 14.3. The number of pyridine rings is 2. The molecule has 2 fully saturated rings. The summed E-state index contributed by atoms with van der Waals surface area (Å²) in [4.78, 5) is 52.1. The highest BCUT2D eigenvalue weighted by molar-refractivity contribution is 7.89. The van der Waals surface area contributed by atoms with Crippen molar-refractivity contribution in [2.45, 2.75) is 74.7 Å². The van der Waals surface area contributed by atoms with Crippen molar-refractivity contribution in [3.63, 3.8) is 0 Å². The van der Waals surface area contributed by atoms with Gasteiger partial charge < -0.3 is 28.8 Å². The summed E-state index contributed by atoms with van der Waals surface area (Å²) in [6, 6.07) is 16.5. The van der Waals surface area contributed by atoms with Gasteiger partial charge in [-0.3, -0.25) is 19.2 Å². The van der Waals surface area contributed by atoms with Gasteiger partial charge >= 0.3 is 11.9 Å². The zero-order valence-corrected chi connectivity index (χ0v) is 37.9. The van der Waals surface area contributed by atoms with Gasteiger partial charge in [0.1, 0.15) is 0 Å². The second kappa shape index (κ2) is 18.2. The summed E-state index contributed by atoms with van der Waals surface area (Å²) in [6.45, 7) is 6.29. The lowest BCUT2D eigenvalue weighted by Gasteiger charge is -2.37. The quantitative estimate of drug-likeness (QED) is 0.219. The number of allylic oxidation sites excluding steroid dienone is 2. The number of hydrogen-bond donors (Lipinski definition) is 2. The van der Waals surface area contributed by atoms with Crippen LogP contribution in [0.25, 0.3) is 12.2 Å². The molecule has 2 aromatic carbocycles. The van der Waals surface area contributed by atoms with Crippen LogP contribution in [0, 0.1) is 37.5 Å². The van der Waals surface area contributed by atoms with Gasteiger partial charge in [0.2, 0.25) is 20.0 Å². The fraction of sp³-hybridized carbons (Fsp3) is 0.391. The molecule has 2 aromatic heterocycles. The lowest BCUT2D eigenvalue weighted by molar-refractivity contribution is -0.148. The fourth-order valence-electron chi connectivity index (χ4n) is 10.1. The number of methoxy groups -OCH3 is 2. The number of esters is 2. The molecular formula is C46H52N4O12S2. The van der Waals surface area contributed by atoms with Crippen molar-refractivity contribution in [1.82, 2.24) is 17.7 Å². The van der Waals surface area contributed by atoms with E-state index in [2.05, 4.69) is 0 Å². The van der Waals surface area contributed by atoms with Crippen LogP contribution < -0.4 is 11.1 Å². The zero-order chi connectivity index (χ0) is 46.4. The predicted octanol–water partition coefficient (Wildman–Crippen LogP) is 3.43. The topological polar surface area (TPSA) is 212 Å². The number of fused-ring (bicyclic) bond motifs is 8. The lowest BCUT2D eigenvalue weighted by Crippen LogP contribution is -2.49. The van der Waals surface area contributed by atoms with Crippen molar-refractivity contribution in [2.24, 2.45) is 23.7 Å². The molecule has 18 heteroatoms. The van der Waals surface area contributed by atoms with E-state index in [0.29, 0.717) is 33.6 Å². The van der Waals surface area contributed by atoms with E-state index in [1.165, 1.54) is 44.1 Å². The van der Waals surface area contributed by atoms with E-state index in [9.17, 15) is 46.2 Å². The summed E-state index contributed by atoms with van der Waals surface area (Å²) in [7, 11) is -5.60. The van der Waals surface area contributed by atoms with Gasteiger partial charge in [-0.15, -0.1) is 0 Å². The maximum Gasteiger partial charge on any atom is 0.311 e. The zero-order valence-electron chi connectivity index (χ0n) is 36.3. The number of aryl methyl sites for hydroxylation is 2. The molecule has 6 heterocycles. The molecule has 16 nitrogen and oxygen atoms in total. The highest BCUT2D eigenvalue weighted by Gasteiger charge is 2.62. The van der Waals surface area contributed by atoms with Crippen LogP contribution in [0.4, 0.5) is 0 Å². The van der Waals surface area contributed by atoms with Crippen LogP contribution in [0.2, 0.25) is 0 Å². The van der Waals surface area contributed by atoms with Crippen LogP contribution in [-0.2, 0) is 52.2 Å². The molecule has 8 rings (SSSR count). The lowest BCUT2D eigenvalue weighted by atomic mass is 9.87. The summed E-state index contributed by atoms with van der Waals surface area (Å²) in [5, 5.41) is 20.4. The van der Waals surface area contributed by atoms with Gasteiger partial charge in [-0.05, 0) is 75.2 Å². The average Bonchev–Trinajstić information content (AvgIpc) is 3.69. The molecular weight excluding hydrogens is 865 g/mol. The minimum absolute atomic E-state index is 0.0416. The summed E-state index contributed by atoms with van der Waals surface area (Å²) in [6.07, 6.45) is 6.89. The van der Waals surface area contributed by atoms with Gasteiger partial charge in [-0.1, -0.05) is 60.7 Å². The van der Waals surface area contributed by atoms with Crippen molar-refractivity contribution in [3.05, 3.63) is 139 Å². The molecule has 64 heavy (non-hydrogen) atoms. The molecule has 0 amide bonds. The van der Waals surface area contributed by atoms with Crippen molar-refractivity contribution in [1.29, 1.82) is 0 Å². The Morgan fingerprint density at radius 1 is 0.625 bits per heavy atom. The molecule has 8 atom stereocenters. The molecule has 2 N–H and O–H groups in total. The third kappa shape index (κ3) is 7.48. The van der Waals surface area contributed by atoms with E-state index in [1.54, 1.807) is 113 Å². The van der Waals surface area contributed by atoms with E-state index in [-0.39, 0.29) is 34.0 Å². The van der Waals surface area contributed by atoms with E-state index in [0.717, 1.165) is 0 Å². The highest BCUT2D eigenvalue weighted by Crippen LogP contribution is 2.53. The minimum atomic E-state index is -4.04. The van der Waals surface area contributed by atoms with Crippen molar-refractivity contribution in [3.8, 4) is 0 Å². The molecule has 340 valence electrons. The van der Waals surface area contributed by atoms with Crippen molar-refractivity contribution >= 4 is 44.1 Å². The third-order valence-corrected chi connectivity index (χ3v) is 17.1. The van der Waals surface area contributed by atoms with Crippen LogP contribution >= 0.6 is 0 Å². The molecule has 4 aliphatic heterocycles. The highest BCUT2D eigenvalue weighted by atomic mass is 32.2. The molecule has 0 unspecified atom stereocenters. The molecule has 4 aromatic rings. The monoisotopic (exact) mass is 916 g/mol. The largest absolute Gasteiger partial charge is 0.469 e. The van der Waals surface area contributed by atoms with E-state index < -0.39 is 93.0 Å². The number of carbonyl (C=O) groups is 2. The number of carbonyl (C=O) groups excluding carboxylic acids is 2. The maximum absolute atomic E-state index is 13.8. The van der Waals surface area contributed by atoms with Gasteiger partial charge in [0.15, 0.2) is 0 Å². The number of sulfonamides is 2. The first kappa shape index (κ1) is 46.5. The predicted molar refractivity (Wildman–Crippen MR) is 236 cm³/mol. The number of benzene rings is 2. The van der Waals surface area contributed by atoms with E-state index >= 15 is 0 Å². The Hall–Kier alpha value is -5.50. The summed E-state index contributed by atoms with van der Waals surface area (Å²) < 4.78 is 71.1. The second-order valence-corrected chi connectivity index (χ2v) is 19.9. The van der Waals surface area contributed by atoms with Crippen molar-refractivity contribution in [2.75, 3.05) is 27.4 Å². The molecule has 0 radical (unpaired) electrons. The Morgan fingerprint density at radius 2 is 0.984 bits per heavy atom. The summed E-state index contributed by atoms with van der Waals surface area (Å²) in [5.74, 6) is -4.52. The van der Waals surface area contributed by atoms with Crippen LogP contribution in [0.1, 0.15) is 59.6 Å². The van der Waals surface area contributed by atoms with Crippen molar-refractivity contribution < 1.29 is 46.1 Å².